The third-order valence-corrected chi connectivity index (χ3v) is 7.64. The van der Waals surface area contributed by atoms with Crippen molar-refractivity contribution in [2.75, 3.05) is 39.4 Å². The fourth-order valence-electron chi connectivity index (χ4n) is 4.68. The molecule has 0 spiro atoms. The van der Waals surface area contributed by atoms with Gasteiger partial charge in [0, 0.05) is 42.0 Å². The van der Waals surface area contributed by atoms with Crippen LogP contribution in [0.3, 0.4) is 0 Å². The van der Waals surface area contributed by atoms with Gasteiger partial charge in [0.15, 0.2) is 0 Å². The van der Waals surface area contributed by atoms with E-state index in [4.69, 9.17) is 52.1 Å². The van der Waals surface area contributed by atoms with Gasteiger partial charge in [-0.3, -0.25) is 14.4 Å². The van der Waals surface area contributed by atoms with E-state index in [1.54, 1.807) is 39.2 Å². The second-order valence-electron chi connectivity index (χ2n) is 10.9. The molecule has 0 aromatic heterocycles. The molecule has 12 heteroatoms. The summed E-state index contributed by atoms with van der Waals surface area (Å²) in [6, 6.07) is 14.9. The molecule has 10 nitrogen and oxygen atoms in total. The number of amides is 1. The molecule has 3 aromatic carbocycles. The van der Waals surface area contributed by atoms with Crippen molar-refractivity contribution in [1.82, 2.24) is 0 Å². The maximum atomic E-state index is 13.6. The summed E-state index contributed by atoms with van der Waals surface area (Å²) in [7, 11) is 4.79. The molecular weight excluding hydrogens is 697 g/mol. The predicted molar refractivity (Wildman–Crippen MR) is 205 cm³/mol. The molecule has 51 heavy (non-hydrogen) atoms. The van der Waals surface area contributed by atoms with Crippen LogP contribution in [0.5, 0.6) is 23.0 Å². The van der Waals surface area contributed by atoms with Crippen molar-refractivity contribution in [3.8, 4) is 23.0 Å². The first-order valence-corrected chi connectivity index (χ1v) is 17.7. The maximum absolute atomic E-state index is 13.6. The predicted octanol–water partition coefficient (Wildman–Crippen LogP) is 9.98. The number of esters is 1. The van der Waals surface area contributed by atoms with Crippen molar-refractivity contribution in [3.63, 3.8) is 0 Å². The summed E-state index contributed by atoms with van der Waals surface area (Å²) in [6.07, 6.45) is 3.38. The molecule has 0 unspecified atom stereocenters. The van der Waals surface area contributed by atoms with Crippen molar-refractivity contribution in [3.05, 3.63) is 75.3 Å². The lowest BCUT2D eigenvalue weighted by atomic mass is 9.90. The van der Waals surface area contributed by atoms with E-state index < -0.39 is 0 Å². The SMILES string of the molecule is CCC.CCCCOc1cc(Cl)cc([C@H](C)c2cccc(OC)c2Cl)c1N(Cc1ccc(OC)cc1OC)C(=O)CC.CCOC(C)=O.O=CO. The van der Waals surface area contributed by atoms with Crippen molar-refractivity contribution < 1.29 is 43.2 Å². The number of carbonyl (C=O) groups excluding carboxylic acids is 2. The summed E-state index contributed by atoms with van der Waals surface area (Å²) in [5, 5.41) is 7.91. The van der Waals surface area contributed by atoms with Crippen LogP contribution in [-0.2, 0) is 25.7 Å². The monoisotopic (exact) mass is 751 g/mol. The van der Waals surface area contributed by atoms with Gasteiger partial charge in [-0.05, 0) is 48.7 Å². The molecule has 0 saturated heterocycles. The molecule has 1 amide bonds. The van der Waals surface area contributed by atoms with Gasteiger partial charge in [-0.15, -0.1) is 0 Å². The highest BCUT2D eigenvalue weighted by Gasteiger charge is 2.28. The molecule has 0 heterocycles. The molecule has 0 bridgehead atoms. The second kappa shape index (κ2) is 26.6. The zero-order valence-electron chi connectivity index (χ0n) is 31.6. The van der Waals surface area contributed by atoms with Crippen LogP contribution in [-0.4, -0.2) is 58.0 Å². The van der Waals surface area contributed by atoms with Crippen molar-refractivity contribution in [2.24, 2.45) is 0 Å². The van der Waals surface area contributed by atoms with E-state index in [1.807, 2.05) is 56.3 Å². The molecule has 284 valence electrons. The van der Waals surface area contributed by atoms with Crippen LogP contribution < -0.4 is 23.8 Å². The van der Waals surface area contributed by atoms with E-state index in [0.717, 1.165) is 29.5 Å². The number of hydrogen-bond acceptors (Lipinski definition) is 8. The molecule has 0 saturated carbocycles. The van der Waals surface area contributed by atoms with E-state index in [1.165, 1.54) is 13.3 Å². The lowest BCUT2D eigenvalue weighted by molar-refractivity contribution is -0.140. The number of halogens is 2. The highest BCUT2D eigenvalue weighted by molar-refractivity contribution is 6.33. The Labute approximate surface area is 313 Å². The Balaban J connectivity index is 0.00000181. The minimum atomic E-state index is -0.250. The normalized spacial score (nSPS) is 10.4. The number of hydrogen-bond donors (Lipinski definition) is 1. The summed E-state index contributed by atoms with van der Waals surface area (Å²) in [5.41, 5.74) is 3.16. The minimum Gasteiger partial charge on any atom is -0.497 e. The average Bonchev–Trinajstić information content (AvgIpc) is 3.11. The molecule has 3 aromatic rings. The molecule has 0 fully saturated rings. The summed E-state index contributed by atoms with van der Waals surface area (Å²) in [5.74, 6) is 1.90. The molecule has 1 atom stereocenters. The van der Waals surface area contributed by atoms with E-state index in [9.17, 15) is 9.59 Å². The third-order valence-electron chi connectivity index (χ3n) is 7.01. The Bertz CT molecular complexity index is 1480. The van der Waals surface area contributed by atoms with Gasteiger partial charge >= 0.3 is 5.97 Å². The molecule has 0 aliphatic carbocycles. The number of unbranched alkanes of at least 4 members (excludes halogenated alkanes) is 1. The van der Waals surface area contributed by atoms with Crippen LogP contribution in [0.2, 0.25) is 10.0 Å². The van der Waals surface area contributed by atoms with Gasteiger partial charge in [-0.2, -0.15) is 0 Å². The first-order chi connectivity index (χ1) is 24.4. The Morgan fingerprint density at radius 3 is 2.00 bits per heavy atom. The summed E-state index contributed by atoms with van der Waals surface area (Å²) >= 11 is 13.4. The van der Waals surface area contributed by atoms with Crippen LogP contribution in [0.15, 0.2) is 48.5 Å². The average molecular weight is 753 g/mol. The zero-order valence-corrected chi connectivity index (χ0v) is 33.2. The number of benzene rings is 3. The number of ether oxygens (including phenoxy) is 5. The van der Waals surface area contributed by atoms with Gasteiger partial charge in [0.05, 0.1) is 51.8 Å². The van der Waals surface area contributed by atoms with Crippen molar-refractivity contribution in [2.45, 2.75) is 86.6 Å². The topological polar surface area (TPSA) is 121 Å². The number of anilines is 1. The van der Waals surface area contributed by atoms with E-state index in [2.05, 4.69) is 25.5 Å². The van der Waals surface area contributed by atoms with Crippen molar-refractivity contribution in [1.29, 1.82) is 0 Å². The van der Waals surface area contributed by atoms with Crippen LogP contribution in [0.4, 0.5) is 5.69 Å². The van der Waals surface area contributed by atoms with E-state index in [-0.39, 0.29) is 30.8 Å². The van der Waals surface area contributed by atoms with Crippen LogP contribution in [0.25, 0.3) is 0 Å². The molecule has 1 N–H and O–H groups in total. The lowest BCUT2D eigenvalue weighted by Crippen LogP contribution is -2.31. The summed E-state index contributed by atoms with van der Waals surface area (Å²) in [4.78, 5) is 33.5. The van der Waals surface area contributed by atoms with Gasteiger partial charge in [-0.1, -0.05) is 82.8 Å². The highest BCUT2D eigenvalue weighted by Crippen LogP contribution is 2.45. The van der Waals surface area contributed by atoms with Crippen LogP contribution in [0.1, 0.15) is 96.8 Å². The molecule has 0 radical (unpaired) electrons. The zero-order chi connectivity index (χ0) is 38.9. The fourth-order valence-corrected chi connectivity index (χ4v) is 5.26. The Kier molecular flexibility index (Phi) is 24.5. The minimum absolute atomic E-state index is 0.0688. The Hall–Kier alpha value is -4.15. The van der Waals surface area contributed by atoms with E-state index in [0.29, 0.717) is 58.4 Å². The number of rotatable bonds is 14. The van der Waals surface area contributed by atoms with Crippen LogP contribution >= 0.6 is 23.2 Å². The molecule has 3 rings (SSSR count). The van der Waals surface area contributed by atoms with Crippen molar-refractivity contribution >= 4 is 47.2 Å². The first-order valence-electron chi connectivity index (χ1n) is 16.9. The summed E-state index contributed by atoms with van der Waals surface area (Å²) in [6.45, 7) is 14.4. The van der Waals surface area contributed by atoms with Gasteiger partial charge in [0.2, 0.25) is 5.91 Å². The van der Waals surface area contributed by atoms with Gasteiger partial charge in [-0.25, -0.2) is 0 Å². The fraction of sp³-hybridized carbons (Fsp3) is 0.462. The standard InChI is InChI=1S/C31H37Cl2NO5.C4H8O2.C3H8.CH2O2/c1-7-9-15-39-28-17-22(32)16-25(20(3)24-11-10-12-26(37-5)30(24)33)31(28)34(29(35)8-2)19-21-13-14-23(36-4)18-27(21)38-6;1-3-6-4(2)5;1-3-2;2-1-3/h10-14,16-18,20H,7-9,15,19H2,1-6H3;3H2,1-2H3;3H2,1-2H3;1H,(H,2,3)/t20-;;;/m1.../s1. The molecule has 0 aliphatic heterocycles. The van der Waals surface area contributed by atoms with Gasteiger partial charge in [0.1, 0.15) is 23.0 Å². The largest absolute Gasteiger partial charge is 0.497 e. The van der Waals surface area contributed by atoms with Gasteiger partial charge in [0.25, 0.3) is 6.47 Å². The Morgan fingerprint density at radius 2 is 1.51 bits per heavy atom. The summed E-state index contributed by atoms with van der Waals surface area (Å²) < 4.78 is 27.2. The van der Waals surface area contributed by atoms with Crippen LogP contribution in [0, 0.1) is 0 Å². The quantitative estimate of drug-likeness (QED) is 0.0975. The Morgan fingerprint density at radius 1 is 0.882 bits per heavy atom. The molecular formula is C39H55Cl2NO9. The van der Waals surface area contributed by atoms with Gasteiger partial charge < -0.3 is 33.7 Å². The highest BCUT2D eigenvalue weighted by atomic mass is 35.5. The third kappa shape index (κ3) is 15.7. The second-order valence-corrected chi connectivity index (χ2v) is 11.7. The number of methoxy groups -OCH3 is 3. The molecule has 0 aliphatic rings. The number of carboxylic acid groups (broad SMARTS) is 1. The number of carbonyl (C=O) groups is 3. The maximum Gasteiger partial charge on any atom is 0.302 e. The van der Waals surface area contributed by atoms with E-state index >= 15 is 0 Å². The first kappa shape index (κ1) is 46.9. The number of nitrogens with zero attached hydrogens (tertiary/aromatic N) is 1. The lowest BCUT2D eigenvalue weighted by Gasteiger charge is -2.30. The smallest absolute Gasteiger partial charge is 0.302 e.